The van der Waals surface area contributed by atoms with E-state index in [4.69, 9.17) is 0 Å². The first kappa shape index (κ1) is 16.0. The van der Waals surface area contributed by atoms with E-state index in [0.717, 1.165) is 18.4 Å². The Hall–Kier alpha value is -1.38. The average Bonchev–Trinajstić information content (AvgIpc) is 2.79. The van der Waals surface area contributed by atoms with Crippen LogP contribution in [0.15, 0.2) is 54.6 Å². The molecule has 0 saturated heterocycles. The molecule has 114 valence electrons. The standard InChI is InChI=1S/C19H26O2/c1-2-3-4-5-6-10-14-19(21)15-13-17(20)18(19)16-11-8-7-9-12-16/h7-15,17-18,20-21H,2-6H2,1H3/b14-10+/t17-,18+,19-/m1/s1. The molecule has 0 unspecified atom stereocenters. The number of aliphatic hydroxyl groups is 2. The van der Waals surface area contributed by atoms with Crippen molar-refractivity contribution >= 4 is 0 Å². The van der Waals surface area contributed by atoms with Gasteiger partial charge in [-0.3, -0.25) is 0 Å². The molecule has 0 spiro atoms. The van der Waals surface area contributed by atoms with Gasteiger partial charge >= 0.3 is 0 Å². The second-order valence-electron chi connectivity index (χ2n) is 5.88. The molecule has 2 rings (SSSR count). The van der Waals surface area contributed by atoms with E-state index in [1.807, 2.05) is 42.5 Å². The zero-order valence-electron chi connectivity index (χ0n) is 12.8. The molecule has 0 heterocycles. The average molecular weight is 286 g/mol. The quantitative estimate of drug-likeness (QED) is 0.588. The molecule has 0 saturated carbocycles. The Labute approximate surface area is 127 Å². The first-order chi connectivity index (χ1) is 10.2. The molecule has 3 atom stereocenters. The highest BCUT2D eigenvalue weighted by molar-refractivity contribution is 5.37. The molecular formula is C19H26O2. The Kier molecular flexibility index (Phi) is 5.77. The Bertz CT molecular complexity index is 478. The van der Waals surface area contributed by atoms with E-state index in [1.54, 1.807) is 12.2 Å². The molecule has 2 heteroatoms. The smallest absolute Gasteiger partial charge is 0.111 e. The van der Waals surface area contributed by atoms with Crippen molar-refractivity contribution in [2.45, 2.75) is 56.7 Å². The maximum Gasteiger partial charge on any atom is 0.111 e. The number of allylic oxidation sites excluding steroid dienone is 1. The molecule has 0 fully saturated rings. The highest BCUT2D eigenvalue weighted by Crippen LogP contribution is 2.39. The Morgan fingerprint density at radius 3 is 2.62 bits per heavy atom. The molecule has 1 aliphatic carbocycles. The van der Waals surface area contributed by atoms with E-state index in [0.29, 0.717) is 0 Å². The molecule has 1 aromatic carbocycles. The zero-order chi connectivity index (χ0) is 15.1. The third-order valence-electron chi connectivity index (χ3n) is 4.17. The normalized spacial score (nSPS) is 28.5. The van der Waals surface area contributed by atoms with E-state index in [2.05, 4.69) is 6.92 Å². The fourth-order valence-electron chi connectivity index (χ4n) is 2.99. The van der Waals surface area contributed by atoms with Crippen LogP contribution in [0.1, 0.15) is 50.5 Å². The largest absolute Gasteiger partial charge is 0.388 e. The molecule has 0 bridgehead atoms. The van der Waals surface area contributed by atoms with Gasteiger partial charge in [0.05, 0.1) is 6.10 Å². The van der Waals surface area contributed by atoms with Crippen molar-refractivity contribution in [2.75, 3.05) is 0 Å². The van der Waals surface area contributed by atoms with Gasteiger partial charge in [0, 0.05) is 5.92 Å². The number of benzene rings is 1. The van der Waals surface area contributed by atoms with Crippen molar-refractivity contribution in [2.24, 2.45) is 0 Å². The molecule has 21 heavy (non-hydrogen) atoms. The molecule has 1 aromatic rings. The lowest BCUT2D eigenvalue weighted by molar-refractivity contribution is 0.0697. The van der Waals surface area contributed by atoms with E-state index in [9.17, 15) is 10.2 Å². The third-order valence-corrected chi connectivity index (χ3v) is 4.17. The van der Waals surface area contributed by atoms with Crippen molar-refractivity contribution < 1.29 is 10.2 Å². The van der Waals surface area contributed by atoms with Crippen LogP contribution in [-0.2, 0) is 0 Å². The summed E-state index contributed by atoms with van der Waals surface area (Å²) in [6, 6.07) is 9.74. The summed E-state index contributed by atoms with van der Waals surface area (Å²) >= 11 is 0. The van der Waals surface area contributed by atoms with Crippen LogP contribution >= 0.6 is 0 Å². The minimum absolute atomic E-state index is 0.314. The summed E-state index contributed by atoms with van der Waals surface area (Å²) < 4.78 is 0. The van der Waals surface area contributed by atoms with Crippen LogP contribution in [0.25, 0.3) is 0 Å². The van der Waals surface area contributed by atoms with Crippen LogP contribution in [0.5, 0.6) is 0 Å². The van der Waals surface area contributed by atoms with Crippen LogP contribution in [-0.4, -0.2) is 21.9 Å². The van der Waals surface area contributed by atoms with Crippen molar-refractivity contribution in [1.82, 2.24) is 0 Å². The predicted molar refractivity (Wildman–Crippen MR) is 87.2 cm³/mol. The van der Waals surface area contributed by atoms with E-state index >= 15 is 0 Å². The van der Waals surface area contributed by atoms with Gasteiger partial charge in [-0.1, -0.05) is 74.7 Å². The number of rotatable bonds is 7. The lowest BCUT2D eigenvalue weighted by Crippen LogP contribution is -2.33. The summed E-state index contributed by atoms with van der Waals surface area (Å²) in [5.74, 6) is -0.314. The highest BCUT2D eigenvalue weighted by Gasteiger charge is 2.41. The van der Waals surface area contributed by atoms with Gasteiger partial charge in [-0.2, -0.15) is 0 Å². The van der Waals surface area contributed by atoms with Crippen molar-refractivity contribution in [1.29, 1.82) is 0 Å². The third kappa shape index (κ3) is 4.05. The number of hydrogen-bond donors (Lipinski definition) is 2. The fourth-order valence-corrected chi connectivity index (χ4v) is 2.99. The summed E-state index contributed by atoms with van der Waals surface area (Å²) in [5, 5.41) is 21.0. The fraction of sp³-hybridized carbons (Fsp3) is 0.474. The van der Waals surface area contributed by atoms with Gasteiger partial charge in [-0.25, -0.2) is 0 Å². The van der Waals surface area contributed by atoms with Crippen LogP contribution in [0.2, 0.25) is 0 Å². The highest BCUT2D eigenvalue weighted by atomic mass is 16.3. The summed E-state index contributed by atoms with van der Waals surface area (Å²) in [6.07, 6.45) is 12.6. The SMILES string of the molecule is CCCCCC/C=C/[C@@]1(O)C=C[C@@H](O)[C@@H]1c1ccccc1. The van der Waals surface area contributed by atoms with E-state index in [1.165, 1.54) is 19.3 Å². The first-order valence-corrected chi connectivity index (χ1v) is 8.00. The molecule has 0 aliphatic heterocycles. The van der Waals surface area contributed by atoms with Crippen LogP contribution in [0.4, 0.5) is 0 Å². The maximum atomic E-state index is 10.8. The van der Waals surface area contributed by atoms with Gasteiger partial charge in [-0.05, 0) is 24.5 Å². The van der Waals surface area contributed by atoms with Crippen LogP contribution in [0.3, 0.4) is 0 Å². The van der Waals surface area contributed by atoms with E-state index < -0.39 is 11.7 Å². The lowest BCUT2D eigenvalue weighted by atomic mass is 9.83. The Morgan fingerprint density at radius 1 is 1.14 bits per heavy atom. The summed E-state index contributed by atoms with van der Waals surface area (Å²) in [7, 11) is 0. The first-order valence-electron chi connectivity index (χ1n) is 8.00. The molecular weight excluding hydrogens is 260 g/mol. The minimum Gasteiger partial charge on any atom is -0.388 e. The second-order valence-corrected chi connectivity index (χ2v) is 5.88. The number of unbranched alkanes of at least 4 members (excludes halogenated alkanes) is 4. The lowest BCUT2D eigenvalue weighted by Gasteiger charge is -2.29. The molecule has 1 aliphatic rings. The Balaban J connectivity index is 2.02. The van der Waals surface area contributed by atoms with Gasteiger partial charge < -0.3 is 10.2 Å². The van der Waals surface area contributed by atoms with Gasteiger partial charge in [0.1, 0.15) is 5.60 Å². The Morgan fingerprint density at radius 2 is 1.90 bits per heavy atom. The summed E-state index contributed by atoms with van der Waals surface area (Å²) in [6.45, 7) is 2.20. The molecule has 0 radical (unpaired) electrons. The summed E-state index contributed by atoms with van der Waals surface area (Å²) in [4.78, 5) is 0. The van der Waals surface area contributed by atoms with Crippen molar-refractivity contribution in [3.8, 4) is 0 Å². The van der Waals surface area contributed by atoms with Gasteiger partial charge in [-0.15, -0.1) is 0 Å². The van der Waals surface area contributed by atoms with E-state index in [-0.39, 0.29) is 5.92 Å². The predicted octanol–water partition coefficient (Wildman–Crippen LogP) is 3.96. The van der Waals surface area contributed by atoms with Gasteiger partial charge in [0.25, 0.3) is 0 Å². The zero-order valence-corrected chi connectivity index (χ0v) is 12.8. The number of aliphatic hydroxyl groups excluding tert-OH is 1. The second kappa shape index (κ2) is 7.58. The topological polar surface area (TPSA) is 40.5 Å². The van der Waals surface area contributed by atoms with Crippen molar-refractivity contribution in [3.05, 3.63) is 60.2 Å². The van der Waals surface area contributed by atoms with Gasteiger partial charge in [0.2, 0.25) is 0 Å². The molecule has 0 aromatic heterocycles. The maximum absolute atomic E-state index is 10.8. The van der Waals surface area contributed by atoms with Crippen molar-refractivity contribution in [3.63, 3.8) is 0 Å². The molecule has 0 amide bonds. The minimum atomic E-state index is -1.08. The molecule has 2 nitrogen and oxygen atoms in total. The summed E-state index contributed by atoms with van der Waals surface area (Å²) in [5.41, 5.74) is -0.112. The van der Waals surface area contributed by atoms with Gasteiger partial charge in [0.15, 0.2) is 0 Å². The molecule has 2 N–H and O–H groups in total. The van der Waals surface area contributed by atoms with Crippen LogP contribution in [0, 0.1) is 0 Å². The number of hydrogen-bond acceptors (Lipinski definition) is 2. The van der Waals surface area contributed by atoms with Crippen LogP contribution < -0.4 is 0 Å². The monoisotopic (exact) mass is 286 g/mol.